The predicted octanol–water partition coefficient (Wildman–Crippen LogP) is 3.13. The van der Waals surface area contributed by atoms with Crippen molar-refractivity contribution in [3.05, 3.63) is 35.7 Å². The number of nitrogens with one attached hydrogen (secondary N) is 1. The minimum absolute atomic E-state index is 0.218. The van der Waals surface area contributed by atoms with E-state index in [1.54, 1.807) is 13.0 Å². The summed E-state index contributed by atoms with van der Waals surface area (Å²) in [5, 5.41) is 12.3. The number of fused-ring (bicyclic) bond motifs is 1. The fourth-order valence-corrected chi connectivity index (χ4v) is 2.23. The molecule has 0 atom stereocenters. The second-order valence-electron chi connectivity index (χ2n) is 4.86. The summed E-state index contributed by atoms with van der Waals surface area (Å²) in [4.78, 5) is 8.58. The van der Waals surface area contributed by atoms with E-state index in [0.29, 0.717) is 24.0 Å². The summed E-state index contributed by atoms with van der Waals surface area (Å²) in [5.74, 6) is 1.32. The molecule has 0 saturated carbocycles. The number of nitriles is 1. The topological polar surface area (TPSA) is 110 Å². The molecule has 0 aliphatic heterocycles. The molecule has 1 aromatic carbocycles. The van der Waals surface area contributed by atoms with Crippen molar-refractivity contribution in [3.63, 3.8) is 0 Å². The molecule has 0 radical (unpaired) electrons. The van der Waals surface area contributed by atoms with Crippen LogP contribution in [0.25, 0.3) is 11.1 Å². The van der Waals surface area contributed by atoms with E-state index in [1.165, 1.54) is 0 Å². The second-order valence-corrected chi connectivity index (χ2v) is 4.86. The number of aryl methyl sites for hydroxylation is 1. The van der Waals surface area contributed by atoms with Crippen molar-refractivity contribution >= 4 is 28.3 Å². The molecule has 0 fully saturated rings. The van der Waals surface area contributed by atoms with E-state index in [2.05, 4.69) is 15.3 Å². The first-order chi connectivity index (χ1) is 11.1. The summed E-state index contributed by atoms with van der Waals surface area (Å²) in [6, 6.07) is 9.13. The molecule has 7 nitrogen and oxygen atoms in total. The van der Waals surface area contributed by atoms with Crippen LogP contribution in [0, 0.1) is 18.3 Å². The lowest BCUT2D eigenvalue weighted by molar-refractivity contribution is 0.326. The first-order valence-corrected chi connectivity index (χ1v) is 7.08. The molecular weight excluding hydrogens is 294 g/mol. The number of pyridine rings is 1. The SMILES string of the molecule is CCOc1nc(Nc2ccc3oc(C)nc3c2)cc(N)c1C#N. The molecule has 3 aromatic rings. The average Bonchev–Trinajstić information content (AvgIpc) is 2.87. The number of aromatic nitrogens is 2. The summed E-state index contributed by atoms with van der Waals surface area (Å²) in [6.07, 6.45) is 0. The van der Waals surface area contributed by atoms with Gasteiger partial charge in [0.2, 0.25) is 5.88 Å². The van der Waals surface area contributed by atoms with Gasteiger partial charge in [0.1, 0.15) is 23.0 Å². The molecule has 0 bridgehead atoms. The molecule has 116 valence electrons. The number of nitrogens with two attached hydrogens (primary N) is 1. The second kappa shape index (κ2) is 5.85. The maximum absolute atomic E-state index is 9.14. The first kappa shape index (κ1) is 14.7. The van der Waals surface area contributed by atoms with Gasteiger partial charge in [-0.25, -0.2) is 4.98 Å². The minimum atomic E-state index is 0.218. The number of nitrogens with zero attached hydrogens (tertiary/aromatic N) is 3. The molecule has 3 rings (SSSR count). The van der Waals surface area contributed by atoms with Crippen LogP contribution in [-0.2, 0) is 0 Å². The molecule has 0 unspecified atom stereocenters. The Hall–Kier alpha value is -3.27. The quantitative estimate of drug-likeness (QED) is 0.761. The Morgan fingerprint density at radius 3 is 2.91 bits per heavy atom. The molecule has 0 aliphatic carbocycles. The number of nitrogen functional groups attached to an aromatic ring is 1. The zero-order valence-electron chi connectivity index (χ0n) is 12.8. The van der Waals surface area contributed by atoms with E-state index in [9.17, 15) is 0 Å². The third-order valence-corrected chi connectivity index (χ3v) is 3.18. The third kappa shape index (κ3) is 2.87. The Balaban J connectivity index is 1.96. The Morgan fingerprint density at radius 1 is 1.35 bits per heavy atom. The summed E-state index contributed by atoms with van der Waals surface area (Å²) >= 11 is 0. The smallest absolute Gasteiger partial charge is 0.235 e. The number of oxazole rings is 1. The van der Waals surface area contributed by atoms with Crippen LogP contribution in [0.15, 0.2) is 28.7 Å². The lowest BCUT2D eigenvalue weighted by Crippen LogP contribution is -2.04. The Kier molecular flexibility index (Phi) is 3.73. The van der Waals surface area contributed by atoms with Gasteiger partial charge in [0.15, 0.2) is 11.5 Å². The highest BCUT2D eigenvalue weighted by atomic mass is 16.5. The number of anilines is 3. The van der Waals surface area contributed by atoms with Crippen molar-refractivity contribution in [2.24, 2.45) is 0 Å². The van der Waals surface area contributed by atoms with E-state index in [-0.39, 0.29) is 11.4 Å². The first-order valence-electron chi connectivity index (χ1n) is 7.08. The van der Waals surface area contributed by atoms with Crippen LogP contribution in [0.1, 0.15) is 18.4 Å². The largest absolute Gasteiger partial charge is 0.477 e. The highest BCUT2D eigenvalue weighted by Crippen LogP contribution is 2.28. The van der Waals surface area contributed by atoms with Gasteiger partial charge in [0.05, 0.1) is 12.3 Å². The van der Waals surface area contributed by atoms with Crippen molar-refractivity contribution in [1.82, 2.24) is 9.97 Å². The molecule has 0 spiro atoms. The van der Waals surface area contributed by atoms with Gasteiger partial charge in [-0.15, -0.1) is 0 Å². The fraction of sp³-hybridized carbons (Fsp3) is 0.188. The number of hydrogen-bond donors (Lipinski definition) is 2. The summed E-state index contributed by atoms with van der Waals surface area (Å²) in [6.45, 7) is 4.01. The highest BCUT2D eigenvalue weighted by Gasteiger charge is 2.12. The summed E-state index contributed by atoms with van der Waals surface area (Å²) < 4.78 is 10.8. The number of rotatable bonds is 4. The van der Waals surface area contributed by atoms with Crippen LogP contribution >= 0.6 is 0 Å². The monoisotopic (exact) mass is 309 g/mol. The molecule has 0 amide bonds. The molecule has 3 N–H and O–H groups in total. The van der Waals surface area contributed by atoms with Gasteiger partial charge in [0.25, 0.3) is 0 Å². The molecule has 2 aromatic heterocycles. The van der Waals surface area contributed by atoms with E-state index in [4.69, 9.17) is 20.1 Å². The Labute approximate surface area is 132 Å². The highest BCUT2D eigenvalue weighted by molar-refractivity contribution is 5.79. The molecule has 0 saturated heterocycles. The van der Waals surface area contributed by atoms with Crippen molar-refractivity contribution in [2.75, 3.05) is 17.7 Å². The van der Waals surface area contributed by atoms with Gasteiger partial charge in [-0.05, 0) is 25.1 Å². The third-order valence-electron chi connectivity index (χ3n) is 3.18. The van der Waals surface area contributed by atoms with Gasteiger partial charge in [-0.3, -0.25) is 0 Å². The van der Waals surface area contributed by atoms with E-state index in [1.807, 2.05) is 31.2 Å². The fourth-order valence-electron chi connectivity index (χ4n) is 2.23. The van der Waals surface area contributed by atoms with E-state index >= 15 is 0 Å². The zero-order valence-corrected chi connectivity index (χ0v) is 12.8. The van der Waals surface area contributed by atoms with E-state index < -0.39 is 0 Å². The van der Waals surface area contributed by atoms with Crippen molar-refractivity contribution in [1.29, 1.82) is 5.26 Å². The lowest BCUT2D eigenvalue weighted by atomic mass is 10.2. The van der Waals surface area contributed by atoms with Gasteiger partial charge >= 0.3 is 0 Å². The lowest BCUT2D eigenvalue weighted by Gasteiger charge is -2.11. The molecular formula is C16H15N5O2. The number of ether oxygens (including phenoxy) is 1. The molecule has 7 heteroatoms. The van der Waals surface area contributed by atoms with Gasteiger partial charge in [0, 0.05) is 18.7 Å². The van der Waals surface area contributed by atoms with Crippen LogP contribution in [0.2, 0.25) is 0 Å². The maximum atomic E-state index is 9.14. The summed E-state index contributed by atoms with van der Waals surface area (Å²) in [5.41, 5.74) is 8.70. The van der Waals surface area contributed by atoms with Gasteiger partial charge < -0.3 is 20.2 Å². The van der Waals surface area contributed by atoms with Gasteiger partial charge in [-0.1, -0.05) is 0 Å². The van der Waals surface area contributed by atoms with Crippen LogP contribution in [0.4, 0.5) is 17.2 Å². The molecule has 23 heavy (non-hydrogen) atoms. The van der Waals surface area contributed by atoms with Crippen molar-refractivity contribution < 1.29 is 9.15 Å². The van der Waals surface area contributed by atoms with Crippen molar-refractivity contribution in [2.45, 2.75) is 13.8 Å². The molecule has 0 aliphatic rings. The number of hydrogen-bond acceptors (Lipinski definition) is 7. The minimum Gasteiger partial charge on any atom is -0.477 e. The average molecular weight is 309 g/mol. The predicted molar refractivity (Wildman–Crippen MR) is 86.6 cm³/mol. The zero-order chi connectivity index (χ0) is 16.4. The van der Waals surface area contributed by atoms with Crippen LogP contribution in [0.3, 0.4) is 0 Å². The Bertz CT molecular complexity index is 911. The molecule has 2 heterocycles. The maximum Gasteiger partial charge on any atom is 0.235 e. The van der Waals surface area contributed by atoms with Crippen LogP contribution in [0.5, 0.6) is 5.88 Å². The number of benzene rings is 1. The van der Waals surface area contributed by atoms with Gasteiger partial charge in [-0.2, -0.15) is 10.2 Å². The van der Waals surface area contributed by atoms with Crippen LogP contribution in [-0.4, -0.2) is 16.6 Å². The van der Waals surface area contributed by atoms with Crippen LogP contribution < -0.4 is 15.8 Å². The Morgan fingerprint density at radius 2 is 2.17 bits per heavy atom. The van der Waals surface area contributed by atoms with Crippen molar-refractivity contribution in [3.8, 4) is 11.9 Å². The summed E-state index contributed by atoms with van der Waals surface area (Å²) in [7, 11) is 0. The standard InChI is InChI=1S/C16H15N5O2/c1-3-22-16-11(8-17)12(18)7-15(21-16)20-10-4-5-14-13(6-10)19-9(2)23-14/h4-7H,3H2,1-2H3,(H3,18,20,21). The normalized spacial score (nSPS) is 10.5. The van der Waals surface area contributed by atoms with E-state index in [0.717, 1.165) is 16.8 Å².